The third-order valence-corrected chi connectivity index (χ3v) is 3.08. The average Bonchev–Trinajstić information content (AvgIpc) is 2.83. The quantitative estimate of drug-likeness (QED) is 0.709. The fourth-order valence-electron chi connectivity index (χ4n) is 2.26. The minimum Gasteiger partial charge on any atom is -0.366 e. The number of rotatable bonds is 1. The van der Waals surface area contributed by atoms with Gasteiger partial charge in [-0.05, 0) is 26.3 Å². The van der Waals surface area contributed by atoms with E-state index in [1.54, 1.807) is 0 Å². The second-order valence-electron chi connectivity index (χ2n) is 4.09. The Bertz CT molecular complexity index is 341. The third-order valence-electron chi connectivity index (χ3n) is 3.08. The summed E-state index contributed by atoms with van der Waals surface area (Å²) < 4.78 is 5.47. The second-order valence-corrected chi connectivity index (χ2v) is 4.09. The predicted molar refractivity (Wildman–Crippen MR) is 51.8 cm³/mol. The van der Waals surface area contributed by atoms with Gasteiger partial charge in [-0.2, -0.15) is 0 Å². The van der Waals surface area contributed by atoms with Crippen LogP contribution in [0.3, 0.4) is 0 Å². The van der Waals surface area contributed by atoms with Crippen LogP contribution in [-0.2, 0) is 11.3 Å². The molecule has 3 rings (SSSR count). The van der Waals surface area contributed by atoms with E-state index in [0.717, 1.165) is 18.1 Å². The molecule has 2 atom stereocenters. The van der Waals surface area contributed by atoms with E-state index in [2.05, 4.69) is 22.2 Å². The number of hydrogen-bond donors (Lipinski definition) is 2. The molecule has 1 fully saturated rings. The molecule has 14 heavy (non-hydrogen) atoms. The van der Waals surface area contributed by atoms with Crippen molar-refractivity contribution < 1.29 is 4.74 Å². The summed E-state index contributed by atoms with van der Waals surface area (Å²) in [5.74, 6) is 1.10. The molecule has 1 saturated heterocycles. The van der Waals surface area contributed by atoms with Crippen molar-refractivity contribution in [2.75, 3.05) is 6.54 Å². The van der Waals surface area contributed by atoms with Crippen LogP contribution in [0, 0.1) is 0 Å². The molecule has 0 saturated carbocycles. The maximum absolute atomic E-state index is 5.47. The maximum Gasteiger partial charge on any atom is 0.123 e. The average molecular weight is 193 g/mol. The molecule has 0 radical (unpaired) electrons. The molecular formula is C10H15N3O. The van der Waals surface area contributed by atoms with Crippen LogP contribution in [-0.4, -0.2) is 16.5 Å². The molecule has 3 heterocycles. The fourth-order valence-corrected chi connectivity index (χ4v) is 2.26. The predicted octanol–water partition coefficient (Wildman–Crippen LogP) is 1.43. The standard InChI is InChI=1S/C10H15N3O/c1-6-9-8(5-14-6)12-10(13-9)7-3-2-4-11-7/h6-7,11H,2-5H2,1H3,(H,12,13)/t6?,7-/m0/s1. The van der Waals surface area contributed by atoms with Crippen LogP contribution in [0.2, 0.25) is 0 Å². The molecule has 4 nitrogen and oxygen atoms in total. The largest absolute Gasteiger partial charge is 0.366 e. The number of fused-ring (bicyclic) bond motifs is 1. The SMILES string of the molecule is CC1OCc2[nH]c([C@@H]3CCCN3)nc21. The fraction of sp³-hybridized carbons (Fsp3) is 0.700. The number of imidazole rings is 1. The molecule has 0 aliphatic carbocycles. The molecular weight excluding hydrogens is 178 g/mol. The van der Waals surface area contributed by atoms with Gasteiger partial charge in [0.1, 0.15) is 5.82 Å². The summed E-state index contributed by atoms with van der Waals surface area (Å²) in [4.78, 5) is 7.98. The number of H-pyrrole nitrogens is 1. The van der Waals surface area contributed by atoms with Crippen LogP contribution in [0.4, 0.5) is 0 Å². The number of aromatic amines is 1. The van der Waals surface area contributed by atoms with Crippen LogP contribution in [0.1, 0.15) is 49.1 Å². The number of hydrogen-bond acceptors (Lipinski definition) is 3. The normalized spacial score (nSPS) is 30.9. The lowest BCUT2D eigenvalue weighted by Crippen LogP contribution is -2.14. The Kier molecular flexibility index (Phi) is 1.85. The summed E-state index contributed by atoms with van der Waals surface area (Å²) >= 11 is 0. The molecule has 0 amide bonds. The lowest BCUT2D eigenvalue weighted by molar-refractivity contribution is 0.0756. The van der Waals surface area contributed by atoms with Crippen molar-refractivity contribution in [3.63, 3.8) is 0 Å². The monoisotopic (exact) mass is 193 g/mol. The summed E-state index contributed by atoms with van der Waals surface area (Å²) in [6, 6.07) is 0.438. The van der Waals surface area contributed by atoms with E-state index < -0.39 is 0 Å². The van der Waals surface area contributed by atoms with Crippen molar-refractivity contribution in [1.82, 2.24) is 15.3 Å². The van der Waals surface area contributed by atoms with Gasteiger partial charge in [0.2, 0.25) is 0 Å². The minimum absolute atomic E-state index is 0.163. The van der Waals surface area contributed by atoms with Crippen LogP contribution >= 0.6 is 0 Å². The summed E-state index contributed by atoms with van der Waals surface area (Å²) in [6.45, 7) is 3.86. The molecule has 0 spiro atoms. The van der Waals surface area contributed by atoms with E-state index in [1.807, 2.05) is 0 Å². The Morgan fingerprint density at radius 2 is 2.43 bits per heavy atom. The van der Waals surface area contributed by atoms with Gasteiger partial charge in [0.15, 0.2) is 0 Å². The van der Waals surface area contributed by atoms with Gasteiger partial charge in [-0.1, -0.05) is 0 Å². The highest BCUT2D eigenvalue weighted by atomic mass is 16.5. The van der Waals surface area contributed by atoms with Crippen LogP contribution < -0.4 is 5.32 Å². The zero-order valence-corrected chi connectivity index (χ0v) is 8.34. The third kappa shape index (κ3) is 1.18. The van der Waals surface area contributed by atoms with Crippen LogP contribution in [0.25, 0.3) is 0 Å². The van der Waals surface area contributed by atoms with Gasteiger partial charge in [0.05, 0.1) is 30.1 Å². The Morgan fingerprint density at radius 1 is 1.50 bits per heavy atom. The highest BCUT2D eigenvalue weighted by Gasteiger charge is 2.27. The zero-order chi connectivity index (χ0) is 9.54. The smallest absolute Gasteiger partial charge is 0.123 e. The highest BCUT2D eigenvalue weighted by Crippen LogP contribution is 2.30. The van der Waals surface area contributed by atoms with E-state index in [0.29, 0.717) is 12.6 Å². The number of nitrogens with zero attached hydrogens (tertiary/aromatic N) is 1. The van der Waals surface area contributed by atoms with Crippen molar-refractivity contribution in [1.29, 1.82) is 0 Å². The second kappa shape index (κ2) is 3.07. The topological polar surface area (TPSA) is 49.9 Å². The first-order valence-corrected chi connectivity index (χ1v) is 5.28. The van der Waals surface area contributed by atoms with E-state index >= 15 is 0 Å². The van der Waals surface area contributed by atoms with Crippen LogP contribution in [0.15, 0.2) is 0 Å². The van der Waals surface area contributed by atoms with Gasteiger partial charge in [-0.25, -0.2) is 4.98 Å². The summed E-state index contributed by atoms with van der Waals surface area (Å²) in [6.07, 6.45) is 2.61. The lowest BCUT2D eigenvalue weighted by atomic mass is 10.2. The Hall–Kier alpha value is -0.870. The van der Waals surface area contributed by atoms with E-state index in [4.69, 9.17) is 4.74 Å². The minimum atomic E-state index is 0.163. The molecule has 1 aromatic rings. The van der Waals surface area contributed by atoms with E-state index in [-0.39, 0.29) is 6.10 Å². The van der Waals surface area contributed by atoms with Crippen molar-refractivity contribution in [2.24, 2.45) is 0 Å². The van der Waals surface area contributed by atoms with Gasteiger partial charge in [0, 0.05) is 0 Å². The summed E-state index contributed by atoms with van der Waals surface area (Å²) in [5.41, 5.74) is 2.27. The summed E-state index contributed by atoms with van der Waals surface area (Å²) in [5, 5.41) is 3.44. The molecule has 0 aromatic carbocycles. The zero-order valence-electron chi connectivity index (χ0n) is 8.34. The number of ether oxygens (including phenoxy) is 1. The lowest BCUT2D eigenvalue weighted by Gasteiger charge is -2.06. The molecule has 1 unspecified atom stereocenters. The Morgan fingerprint density at radius 3 is 3.14 bits per heavy atom. The van der Waals surface area contributed by atoms with Crippen molar-refractivity contribution in [3.8, 4) is 0 Å². The summed E-state index contributed by atoms with van der Waals surface area (Å²) in [7, 11) is 0. The molecule has 2 N–H and O–H groups in total. The first-order valence-electron chi connectivity index (χ1n) is 5.28. The van der Waals surface area contributed by atoms with E-state index in [9.17, 15) is 0 Å². The van der Waals surface area contributed by atoms with Gasteiger partial charge in [0.25, 0.3) is 0 Å². The molecule has 2 aliphatic heterocycles. The van der Waals surface area contributed by atoms with Gasteiger partial charge < -0.3 is 15.0 Å². The van der Waals surface area contributed by atoms with Gasteiger partial charge in [-0.15, -0.1) is 0 Å². The Labute approximate surface area is 83.1 Å². The first-order chi connectivity index (χ1) is 6.84. The molecule has 0 bridgehead atoms. The highest BCUT2D eigenvalue weighted by molar-refractivity contribution is 5.21. The van der Waals surface area contributed by atoms with Gasteiger partial charge in [-0.3, -0.25) is 0 Å². The van der Waals surface area contributed by atoms with Crippen molar-refractivity contribution in [2.45, 2.75) is 38.5 Å². The molecule has 4 heteroatoms. The number of aromatic nitrogens is 2. The van der Waals surface area contributed by atoms with Crippen molar-refractivity contribution >= 4 is 0 Å². The van der Waals surface area contributed by atoms with Crippen molar-refractivity contribution in [3.05, 3.63) is 17.2 Å². The van der Waals surface area contributed by atoms with Crippen LogP contribution in [0.5, 0.6) is 0 Å². The molecule has 76 valence electrons. The Balaban J connectivity index is 1.90. The molecule has 1 aromatic heterocycles. The van der Waals surface area contributed by atoms with Gasteiger partial charge >= 0.3 is 0 Å². The van der Waals surface area contributed by atoms with E-state index in [1.165, 1.54) is 18.5 Å². The molecule has 2 aliphatic rings. The number of nitrogens with one attached hydrogen (secondary N) is 2. The first kappa shape index (κ1) is 8.44. The maximum atomic E-state index is 5.47.